The van der Waals surface area contributed by atoms with E-state index in [1.165, 1.54) is 0 Å². The molecule has 0 aromatic carbocycles. The number of carbonyl (C=O) groups is 2. The number of aliphatic carboxylic acids is 1. The molecule has 0 saturated heterocycles. The summed E-state index contributed by atoms with van der Waals surface area (Å²) in [5.74, 6) is -0.880. The van der Waals surface area contributed by atoms with Gasteiger partial charge in [-0.3, -0.25) is 4.79 Å². The molecular weight excluding hydrogens is 220 g/mol. The first-order valence-electron chi connectivity index (χ1n) is 6.06. The average Bonchev–Trinajstić information content (AvgIpc) is 3.02. The molecule has 1 atom stereocenters. The van der Waals surface area contributed by atoms with Gasteiger partial charge in [0, 0.05) is 13.1 Å². The van der Waals surface area contributed by atoms with Gasteiger partial charge >= 0.3 is 12.0 Å². The van der Waals surface area contributed by atoms with Gasteiger partial charge in [0.15, 0.2) is 0 Å². The van der Waals surface area contributed by atoms with Gasteiger partial charge in [0.25, 0.3) is 0 Å². The Morgan fingerprint density at radius 1 is 1.35 bits per heavy atom. The molecule has 5 nitrogen and oxygen atoms in total. The number of amides is 2. The molecule has 0 bridgehead atoms. The summed E-state index contributed by atoms with van der Waals surface area (Å²) in [4.78, 5) is 22.5. The summed E-state index contributed by atoms with van der Waals surface area (Å²) >= 11 is 0. The molecule has 0 radical (unpaired) electrons. The summed E-state index contributed by atoms with van der Waals surface area (Å²) in [6.45, 7) is 6.38. The topological polar surface area (TPSA) is 78.4 Å². The summed E-state index contributed by atoms with van der Waals surface area (Å²) in [5.41, 5.74) is -0.626. The molecule has 0 aliphatic heterocycles. The lowest BCUT2D eigenvalue weighted by Gasteiger charge is -2.23. The third kappa shape index (κ3) is 3.91. The average molecular weight is 242 g/mol. The number of carboxylic acids is 1. The molecule has 5 heteroatoms. The summed E-state index contributed by atoms with van der Waals surface area (Å²) < 4.78 is 0. The van der Waals surface area contributed by atoms with Crippen LogP contribution in [0.25, 0.3) is 0 Å². The van der Waals surface area contributed by atoms with Crippen LogP contribution in [0.5, 0.6) is 0 Å². The molecule has 0 aromatic heterocycles. The predicted molar refractivity (Wildman–Crippen MR) is 64.8 cm³/mol. The van der Waals surface area contributed by atoms with Gasteiger partial charge in [-0.2, -0.15) is 0 Å². The minimum atomic E-state index is -0.888. The Balaban J connectivity index is 2.29. The Kier molecular flexibility index (Phi) is 4.01. The van der Waals surface area contributed by atoms with Crippen LogP contribution in [-0.4, -0.2) is 30.2 Å². The number of rotatable bonds is 6. The molecule has 1 saturated carbocycles. The second-order valence-corrected chi connectivity index (χ2v) is 5.57. The van der Waals surface area contributed by atoms with Gasteiger partial charge in [0.1, 0.15) is 0 Å². The highest BCUT2D eigenvalue weighted by molar-refractivity contribution is 5.77. The summed E-state index contributed by atoms with van der Waals surface area (Å²) in [5, 5.41) is 14.4. The van der Waals surface area contributed by atoms with E-state index in [4.69, 9.17) is 5.11 Å². The van der Waals surface area contributed by atoms with Crippen LogP contribution in [0.3, 0.4) is 0 Å². The van der Waals surface area contributed by atoms with Gasteiger partial charge < -0.3 is 15.7 Å². The molecular formula is C12H22N2O3. The lowest BCUT2D eigenvalue weighted by Crippen LogP contribution is -2.45. The molecule has 0 aromatic rings. The predicted octanol–water partition coefficient (Wildman–Crippen LogP) is 1.59. The normalized spacial score (nSPS) is 20.2. The van der Waals surface area contributed by atoms with Crippen molar-refractivity contribution in [3.8, 4) is 0 Å². The minimum absolute atomic E-state index is 0.154. The van der Waals surface area contributed by atoms with Crippen molar-refractivity contribution in [2.75, 3.05) is 13.1 Å². The van der Waals surface area contributed by atoms with Gasteiger partial charge in [0.2, 0.25) is 0 Å². The zero-order chi connectivity index (χ0) is 13.1. The molecule has 0 spiro atoms. The molecule has 98 valence electrons. The van der Waals surface area contributed by atoms with Crippen LogP contribution in [0.15, 0.2) is 0 Å². The number of hydrogen-bond acceptors (Lipinski definition) is 2. The van der Waals surface area contributed by atoms with E-state index >= 15 is 0 Å². The van der Waals surface area contributed by atoms with E-state index in [2.05, 4.69) is 17.6 Å². The first-order valence-corrected chi connectivity index (χ1v) is 6.06. The van der Waals surface area contributed by atoms with Crippen molar-refractivity contribution in [2.24, 2.45) is 10.8 Å². The van der Waals surface area contributed by atoms with Crippen molar-refractivity contribution in [2.45, 2.75) is 40.0 Å². The summed E-state index contributed by atoms with van der Waals surface area (Å²) in [7, 11) is 0. The molecule has 0 heterocycles. The third-order valence-electron chi connectivity index (χ3n) is 3.72. The Labute approximate surface area is 102 Å². The van der Waals surface area contributed by atoms with E-state index < -0.39 is 11.4 Å². The molecule has 1 rings (SSSR count). The molecule has 1 aliphatic rings. The van der Waals surface area contributed by atoms with Gasteiger partial charge in [-0.15, -0.1) is 0 Å². The minimum Gasteiger partial charge on any atom is -0.481 e. The largest absolute Gasteiger partial charge is 0.481 e. The van der Waals surface area contributed by atoms with Crippen LogP contribution in [0.4, 0.5) is 4.79 Å². The van der Waals surface area contributed by atoms with E-state index in [-0.39, 0.29) is 18.0 Å². The second kappa shape index (κ2) is 4.94. The monoisotopic (exact) mass is 242 g/mol. The van der Waals surface area contributed by atoms with E-state index in [1.807, 2.05) is 0 Å². The first-order chi connectivity index (χ1) is 7.81. The lowest BCUT2D eigenvalue weighted by atomic mass is 9.88. The number of carbonyl (C=O) groups excluding carboxylic acids is 1. The van der Waals surface area contributed by atoms with E-state index in [1.54, 1.807) is 13.8 Å². The van der Waals surface area contributed by atoms with Crippen LogP contribution >= 0.6 is 0 Å². The van der Waals surface area contributed by atoms with Crippen molar-refractivity contribution < 1.29 is 14.7 Å². The number of carboxylic acid groups (broad SMARTS) is 1. The third-order valence-corrected chi connectivity index (χ3v) is 3.72. The Hall–Kier alpha value is -1.26. The quantitative estimate of drug-likeness (QED) is 0.661. The van der Waals surface area contributed by atoms with E-state index in [0.717, 1.165) is 12.8 Å². The van der Waals surface area contributed by atoms with Crippen LogP contribution in [0.1, 0.15) is 40.0 Å². The molecule has 1 aliphatic carbocycles. The number of hydrogen-bond donors (Lipinski definition) is 3. The highest BCUT2D eigenvalue weighted by Crippen LogP contribution is 2.43. The van der Waals surface area contributed by atoms with Gasteiger partial charge in [0.05, 0.1) is 5.41 Å². The fourth-order valence-electron chi connectivity index (χ4n) is 1.37. The Morgan fingerprint density at radius 3 is 2.35 bits per heavy atom. The highest BCUT2D eigenvalue weighted by Gasteiger charge is 2.37. The van der Waals surface area contributed by atoms with Gasteiger partial charge in [-0.25, -0.2) is 4.79 Å². The standard InChI is InChI=1S/C12H22N2O3/c1-4-12(3,9(15)16)8-14-10(17)13-7-11(2)5-6-11/h4-8H2,1-3H3,(H,15,16)(H2,13,14,17). The van der Waals surface area contributed by atoms with Crippen LogP contribution in [-0.2, 0) is 4.79 Å². The number of nitrogens with one attached hydrogen (secondary N) is 2. The van der Waals surface area contributed by atoms with Crippen molar-refractivity contribution in [1.82, 2.24) is 10.6 Å². The van der Waals surface area contributed by atoms with Crippen molar-refractivity contribution in [3.05, 3.63) is 0 Å². The molecule has 2 amide bonds. The molecule has 3 N–H and O–H groups in total. The molecule has 17 heavy (non-hydrogen) atoms. The SMILES string of the molecule is CCC(C)(CNC(=O)NCC1(C)CC1)C(=O)O. The summed E-state index contributed by atoms with van der Waals surface area (Å²) in [6, 6.07) is -0.279. The van der Waals surface area contributed by atoms with Crippen molar-refractivity contribution >= 4 is 12.0 Å². The second-order valence-electron chi connectivity index (χ2n) is 5.57. The zero-order valence-corrected chi connectivity index (χ0v) is 10.8. The maximum absolute atomic E-state index is 11.5. The fourth-order valence-corrected chi connectivity index (χ4v) is 1.37. The maximum Gasteiger partial charge on any atom is 0.314 e. The van der Waals surface area contributed by atoms with E-state index in [9.17, 15) is 9.59 Å². The maximum atomic E-state index is 11.5. The Bertz CT molecular complexity index is 313. The van der Waals surface area contributed by atoms with Gasteiger partial charge in [-0.1, -0.05) is 13.8 Å². The van der Waals surface area contributed by atoms with Crippen LogP contribution in [0.2, 0.25) is 0 Å². The number of urea groups is 1. The van der Waals surface area contributed by atoms with Crippen LogP contribution < -0.4 is 10.6 Å². The Morgan fingerprint density at radius 2 is 1.94 bits per heavy atom. The molecule has 1 fully saturated rings. The van der Waals surface area contributed by atoms with Crippen LogP contribution in [0, 0.1) is 10.8 Å². The zero-order valence-electron chi connectivity index (χ0n) is 10.8. The van der Waals surface area contributed by atoms with Crippen molar-refractivity contribution in [3.63, 3.8) is 0 Å². The summed E-state index contributed by atoms with van der Waals surface area (Å²) in [6.07, 6.45) is 2.78. The first kappa shape index (κ1) is 13.8. The highest BCUT2D eigenvalue weighted by atomic mass is 16.4. The fraction of sp³-hybridized carbons (Fsp3) is 0.833. The van der Waals surface area contributed by atoms with Crippen molar-refractivity contribution in [1.29, 1.82) is 0 Å². The van der Waals surface area contributed by atoms with Gasteiger partial charge in [-0.05, 0) is 31.6 Å². The molecule has 1 unspecified atom stereocenters. The smallest absolute Gasteiger partial charge is 0.314 e. The lowest BCUT2D eigenvalue weighted by molar-refractivity contribution is -0.147. The van der Waals surface area contributed by atoms with E-state index in [0.29, 0.717) is 13.0 Å².